The van der Waals surface area contributed by atoms with Crippen molar-refractivity contribution >= 4 is 15.9 Å². The fourth-order valence-corrected chi connectivity index (χ4v) is 1.85. The molecule has 0 aromatic carbocycles. The molecule has 1 aliphatic carbocycles. The summed E-state index contributed by atoms with van der Waals surface area (Å²) in [7, 11) is 0. The molecule has 0 aromatic heterocycles. The molecule has 0 heterocycles. The average Bonchev–Trinajstić information content (AvgIpc) is 2.80. The molecule has 16 heavy (non-hydrogen) atoms. The first kappa shape index (κ1) is 14.1. The second-order valence-electron chi connectivity index (χ2n) is 3.91. The highest BCUT2D eigenvalue weighted by atomic mass is 79.9. The molecule has 0 radical (unpaired) electrons. The summed E-state index contributed by atoms with van der Waals surface area (Å²) in [5.74, 6) is 0. The standard InChI is InChI=1S/C8H9BrF6O/c9-3-6(1-2-6)4-16-5(7(10,11)12)8(13,14)15/h5H,1-4H2. The zero-order valence-electron chi connectivity index (χ0n) is 7.96. The van der Waals surface area contributed by atoms with Crippen LogP contribution in [0.1, 0.15) is 12.8 Å². The Morgan fingerprint density at radius 2 is 1.50 bits per heavy atom. The Morgan fingerprint density at radius 3 is 1.75 bits per heavy atom. The quantitative estimate of drug-likeness (QED) is 0.568. The summed E-state index contributed by atoms with van der Waals surface area (Å²) in [5.41, 5.74) is -0.547. The largest absolute Gasteiger partial charge is 0.423 e. The van der Waals surface area contributed by atoms with Crippen molar-refractivity contribution in [1.82, 2.24) is 0 Å². The molecule has 1 rings (SSSR count). The minimum absolute atomic E-state index is 0.350. The highest BCUT2D eigenvalue weighted by molar-refractivity contribution is 9.09. The molecule has 0 amide bonds. The van der Waals surface area contributed by atoms with Gasteiger partial charge in [0.15, 0.2) is 0 Å². The fourth-order valence-electron chi connectivity index (χ4n) is 1.13. The van der Waals surface area contributed by atoms with Crippen molar-refractivity contribution in [3.05, 3.63) is 0 Å². The van der Waals surface area contributed by atoms with Crippen LogP contribution in [0.2, 0.25) is 0 Å². The van der Waals surface area contributed by atoms with E-state index in [1.165, 1.54) is 0 Å². The zero-order chi connectivity index (χ0) is 12.6. The second kappa shape index (κ2) is 4.36. The molecule has 1 saturated carbocycles. The Morgan fingerprint density at radius 1 is 1.06 bits per heavy atom. The molecule has 96 valence electrons. The van der Waals surface area contributed by atoms with E-state index in [2.05, 4.69) is 20.7 Å². The lowest BCUT2D eigenvalue weighted by Crippen LogP contribution is -2.45. The summed E-state index contributed by atoms with van der Waals surface area (Å²) in [6.07, 6.45) is -13.3. The number of ether oxygens (including phenoxy) is 1. The lowest BCUT2D eigenvalue weighted by molar-refractivity contribution is -0.323. The summed E-state index contributed by atoms with van der Waals surface area (Å²) in [4.78, 5) is 0. The van der Waals surface area contributed by atoms with Gasteiger partial charge in [-0.25, -0.2) is 0 Å². The van der Waals surface area contributed by atoms with E-state index in [1.807, 2.05) is 0 Å². The lowest BCUT2D eigenvalue weighted by Gasteiger charge is -2.25. The van der Waals surface area contributed by atoms with E-state index in [-0.39, 0.29) is 0 Å². The first-order valence-corrected chi connectivity index (χ1v) is 5.54. The Hall–Kier alpha value is 0.0200. The molecule has 0 spiro atoms. The number of rotatable bonds is 4. The lowest BCUT2D eigenvalue weighted by atomic mass is 10.2. The van der Waals surface area contributed by atoms with Crippen LogP contribution < -0.4 is 0 Å². The average molecular weight is 315 g/mol. The van der Waals surface area contributed by atoms with Crippen molar-refractivity contribution < 1.29 is 31.1 Å². The Kier molecular flexibility index (Phi) is 3.84. The topological polar surface area (TPSA) is 9.23 Å². The molecule has 1 fully saturated rings. The van der Waals surface area contributed by atoms with Crippen molar-refractivity contribution in [2.45, 2.75) is 31.3 Å². The van der Waals surface area contributed by atoms with Crippen LogP contribution in [0.25, 0.3) is 0 Å². The summed E-state index contributed by atoms with van der Waals surface area (Å²) in [6, 6.07) is 0. The highest BCUT2D eigenvalue weighted by Gasteiger charge is 2.59. The molecule has 0 N–H and O–H groups in total. The molecule has 0 bridgehead atoms. The predicted molar refractivity (Wildman–Crippen MR) is 47.3 cm³/mol. The van der Waals surface area contributed by atoms with Gasteiger partial charge >= 0.3 is 12.4 Å². The predicted octanol–water partition coefficient (Wildman–Crippen LogP) is 3.67. The molecule has 1 aliphatic rings. The SMILES string of the molecule is FC(F)(F)C(OCC1(CBr)CC1)C(F)(F)F. The van der Waals surface area contributed by atoms with Gasteiger partial charge in [0.1, 0.15) is 0 Å². The van der Waals surface area contributed by atoms with Crippen LogP contribution in [0.15, 0.2) is 0 Å². The molecule has 8 heteroatoms. The maximum atomic E-state index is 12.1. The van der Waals surface area contributed by atoms with Gasteiger partial charge in [-0.15, -0.1) is 0 Å². The van der Waals surface area contributed by atoms with Gasteiger partial charge in [0.2, 0.25) is 6.10 Å². The molecule has 0 atom stereocenters. The highest BCUT2D eigenvalue weighted by Crippen LogP contribution is 2.48. The molecule has 0 unspecified atom stereocenters. The van der Waals surface area contributed by atoms with Crippen LogP contribution in [-0.4, -0.2) is 30.4 Å². The maximum absolute atomic E-state index is 12.1. The minimum Gasteiger partial charge on any atom is -0.360 e. The van der Waals surface area contributed by atoms with Crippen LogP contribution in [-0.2, 0) is 4.74 Å². The third-order valence-electron chi connectivity index (χ3n) is 2.39. The monoisotopic (exact) mass is 314 g/mol. The van der Waals surface area contributed by atoms with Gasteiger partial charge in [-0.2, -0.15) is 26.3 Å². The number of alkyl halides is 7. The fraction of sp³-hybridized carbons (Fsp3) is 1.00. The van der Waals surface area contributed by atoms with E-state index in [0.29, 0.717) is 18.2 Å². The normalized spacial score (nSPS) is 20.2. The summed E-state index contributed by atoms with van der Waals surface area (Å²) in [5, 5.41) is 0.350. The first-order chi connectivity index (χ1) is 7.11. The Labute approximate surface area is 96.3 Å². The van der Waals surface area contributed by atoms with Crippen LogP contribution in [0.4, 0.5) is 26.3 Å². The smallest absolute Gasteiger partial charge is 0.360 e. The van der Waals surface area contributed by atoms with E-state index in [1.54, 1.807) is 0 Å². The number of hydrogen-bond acceptors (Lipinski definition) is 1. The third-order valence-corrected chi connectivity index (χ3v) is 3.58. The van der Waals surface area contributed by atoms with Crippen LogP contribution in [0.3, 0.4) is 0 Å². The molecule has 0 aromatic rings. The number of hydrogen-bond donors (Lipinski definition) is 0. The molecule has 0 aliphatic heterocycles. The molecular formula is C8H9BrF6O. The van der Waals surface area contributed by atoms with Gasteiger partial charge in [0.25, 0.3) is 0 Å². The Balaban J connectivity index is 2.59. The number of halogens is 7. The van der Waals surface area contributed by atoms with Gasteiger partial charge in [-0.1, -0.05) is 15.9 Å². The van der Waals surface area contributed by atoms with Crippen molar-refractivity contribution in [2.75, 3.05) is 11.9 Å². The Bertz CT molecular complexity index is 230. The van der Waals surface area contributed by atoms with Gasteiger partial charge < -0.3 is 4.74 Å². The first-order valence-electron chi connectivity index (χ1n) is 4.42. The van der Waals surface area contributed by atoms with E-state index < -0.39 is 30.5 Å². The van der Waals surface area contributed by atoms with Gasteiger partial charge in [-0.3, -0.25) is 0 Å². The van der Waals surface area contributed by atoms with Crippen molar-refractivity contribution in [1.29, 1.82) is 0 Å². The second-order valence-corrected chi connectivity index (χ2v) is 4.47. The van der Waals surface area contributed by atoms with E-state index in [4.69, 9.17) is 0 Å². The summed E-state index contributed by atoms with van der Waals surface area (Å²) < 4.78 is 76.4. The maximum Gasteiger partial charge on any atom is 0.423 e. The van der Waals surface area contributed by atoms with E-state index in [0.717, 1.165) is 0 Å². The van der Waals surface area contributed by atoms with Crippen LogP contribution >= 0.6 is 15.9 Å². The van der Waals surface area contributed by atoms with Crippen molar-refractivity contribution in [3.8, 4) is 0 Å². The van der Waals surface area contributed by atoms with E-state index in [9.17, 15) is 26.3 Å². The summed E-state index contributed by atoms with van der Waals surface area (Å²) >= 11 is 3.04. The minimum atomic E-state index is -5.42. The van der Waals surface area contributed by atoms with Crippen molar-refractivity contribution in [3.63, 3.8) is 0 Å². The molecule has 0 saturated heterocycles. The summed E-state index contributed by atoms with van der Waals surface area (Å²) in [6.45, 7) is -0.526. The van der Waals surface area contributed by atoms with Crippen LogP contribution in [0.5, 0.6) is 0 Å². The van der Waals surface area contributed by atoms with Gasteiger partial charge in [0.05, 0.1) is 6.61 Å². The van der Waals surface area contributed by atoms with Crippen molar-refractivity contribution in [2.24, 2.45) is 5.41 Å². The van der Waals surface area contributed by atoms with E-state index >= 15 is 0 Å². The molecular weight excluding hydrogens is 306 g/mol. The van der Waals surface area contributed by atoms with Gasteiger partial charge in [-0.05, 0) is 12.8 Å². The molecule has 1 nitrogen and oxygen atoms in total. The van der Waals surface area contributed by atoms with Crippen LogP contribution in [0, 0.1) is 5.41 Å². The van der Waals surface area contributed by atoms with Gasteiger partial charge in [0, 0.05) is 10.7 Å². The third kappa shape index (κ3) is 3.51. The zero-order valence-corrected chi connectivity index (χ0v) is 9.55.